The summed E-state index contributed by atoms with van der Waals surface area (Å²) >= 11 is 0. The Morgan fingerprint density at radius 1 is 1.38 bits per heavy atom. The average molecular weight is 181 g/mol. The molecule has 1 saturated carbocycles. The summed E-state index contributed by atoms with van der Waals surface area (Å²) in [5.74, 6) is 1.78. The number of aliphatic hydroxyl groups excluding tert-OH is 1. The zero-order valence-corrected chi connectivity index (χ0v) is 8.08. The van der Waals surface area contributed by atoms with E-state index in [0.717, 1.165) is 37.3 Å². The van der Waals surface area contributed by atoms with Crippen molar-refractivity contribution in [2.24, 2.45) is 11.8 Å². The molecule has 0 aliphatic heterocycles. The van der Waals surface area contributed by atoms with E-state index in [4.69, 9.17) is 5.11 Å². The average Bonchev–Trinajstić information content (AvgIpc) is 2.47. The van der Waals surface area contributed by atoms with Crippen molar-refractivity contribution in [1.82, 2.24) is 5.32 Å². The number of unbranched alkanes of at least 4 members (excludes halogenated alkanes) is 1. The van der Waals surface area contributed by atoms with Gasteiger partial charge >= 0.3 is 0 Å². The molecule has 0 aromatic rings. The molecule has 0 bridgehead atoms. The maximum Gasteiger partial charge on any atom is 0.0431 e. The van der Waals surface area contributed by atoms with Crippen LogP contribution in [0.25, 0.3) is 0 Å². The molecule has 2 N–H and O–H groups in total. The van der Waals surface area contributed by atoms with Gasteiger partial charge in [0.2, 0.25) is 0 Å². The predicted octanol–water partition coefficient (Wildman–Crippen LogP) is 1.31. The number of rotatable bonds is 5. The van der Waals surface area contributed by atoms with Gasteiger partial charge in [0.05, 0.1) is 0 Å². The molecule has 0 radical (unpaired) electrons. The maximum atomic E-state index is 8.61. The van der Waals surface area contributed by atoms with Gasteiger partial charge in [-0.3, -0.25) is 0 Å². The van der Waals surface area contributed by atoms with Crippen LogP contribution in [0.1, 0.15) is 25.7 Å². The summed E-state index contributed by atoms with van der Waals surface area (Å²) in [5, 5.41) is 12.2. The molecule has 3 atom stereocenters. The van der Waals surface area contributed by atoms with Gasteiger partial charge in [0, 0.05) is 12.6 Å². The van der Waals surface area contributed by atoms with E-state index in [-0.39, 0.29) is 0 Å². The Balaban J connectivity index is 1.59. The molecule has 2 aliphatic carbocycles. The second kappa shape index (κ2) is 4.25. The van der Waals surface area contributed by atoms with Crippen LogP contribution in [-0.4, -0.2) is 24.3 Å². The van der Waals surface area contributed by atoms with Crippen LogP contribution in [0.5, 0.6) is 0 Å². The molecule has 0 aromatic heterocycles. The molecule has 0 amide bonds. The van der Waals surface area contributed by atoms with E-state index in [1.807, 2.05) is 0 Å². The number of aliphatic hydroxyl groups is 1. The highest BCUT2D eigenvalue weighted by molar-refractivity contribution is 5.12. The van der Waals surface area contributed by atoms with Crippen LogP contribution in [0.2, 0.25) is 0 Å². The van der Waals surface area contributed by atoms with Gasteiger partial charge in [-0.1, -0.05) is 12.2 Å². The summed E-state index contributed by atoms with van der Waals surface area (Å²) < 4.78 is 0. The lowest BCUT2D eigenvalue weighted by molar-refractivity contribution is 0.162. The number of nitrogens with one attached hydrogen (secondary N) is 1. The van der Waals surface area contributed by atoms with E-state index >= 15 is 0 Å². The Morgan fingerprint density at radius 2 is 2.31 bits per heavy atom. The molecule has 2 nitrogen and oxygen atoms in total. The lowest BCUT2D eigenvalue weighted by Crippen LogP contribution is -2.48. The van der Waals surface area contributed by atoms with Crippen molar-refractivity contribution in [3.63, 3.8) is 0 Å². The number of fused-ring (bicyclic) bond motifs is 1. The van der Waals surface area contributed by atoms with Crippen molar-refractivity contribution >= 4 is 0 Å². The molecule has 3 unspecified atom stereocenters. The first-order valence-corrected chi connectivity index (χ1v) is 5.42. The summed E-state index contributed by atoms with van der Waals surface area (Å²) in [7, 11) is 0. The second-order valence-corrected chi connectivity index (χ2v) is 4.23. The van der Waals surface area contributed by atoms with Gasteiger partial charge in [-0.2, -0.15) is 0 Å². The third-order valence-electron chi connectivity index (χ3n) is 3.35. The SMILES string of the molecule is OCCCCNC1CC2CC=CC21. The Morgan fingerprint density at radius 3 is 3.08 bits per heavy atom. The normalized spacial score (nSPS) is 35.9. The molecular weight excluding hydrogens is 162 g/mol. The summed E-state index contributed by atoms with van der Waals surface area (Å²) in [5.41, 5.74) is 0. The largest absolute Gasteiger partial charge is 0.396 e. The van der Waals surface area contributed by atoms with E-state index in [1.54, 1.807) is 0 Å². The van der Waals surface area contributed by atoms with Crippen LogP contribution in [0.3, 0.4) is 0 Å². The van der Waals surface area contributed by atoms with Gasteiger partial charge in [-0.15, -0.1) is 0 Å². The molecule has 2 heteroatoms. The highest BCUT2D eigenvalue weighted by atomic mass is 16.2. The quantitative estimate of drug-likeness (QED) is 0.495. The fraction of sp³-hybridized carbons (Fsp3) is 0.818. The minimum atomic E-state index is 0.332. The van der Waals surface area contributed by atoms with Gasteiger partial charge < -0.3 is 10.4 Å². The van der Waals surface area contributed by atoms with Gasteiger partial charge in [0.15, 0.2) is 0 Å². The van der Waals surface area contributed by atoms with E-state index in [2.05, 4.69) is 17.5 Å². The van der Waals surface area contributed by atoms with Crippen molar-refractivity contribution in [3.05, 3.63) is 12.2 Å². The molecule has 13 heavy (non-hydrogen) atoms. The third-order valence-corrected chi connectivity index (χ3v) is 3.35. The maximum absolute atomic E-state index is 8.61. The first kappa shape index (κ1) is 9.22. The van der Waals surface area contributed by atoms with Gasteiger partial charge in [0.25, 0.3) is 0 Å². The highest BCUT2D eigenvalue weighted by Crippen LogP contribution is 2.42. The number of hydrogen-bond acceptors (Lipinski definition) is 2. The minimum Gasteiger partial charge on any atom is -0.396 e. The third kappa shape index (κ3) is 1.94. The molecule has 0 saturated heterocycles. The molecule has 0 heterocycles. The molecule has 74 valence electrons. The number of allylic oxidation sites excluding steroid dienone is 1. The lowest BCUT2D eigenvalue weighted by Gasteiger charge is -2.40. The van der Waals surface area contributed by atoms with Crippen LogP contribution < -0.4 is 5.32 Å². The summed E-state index contributed by atoms with van der Waals surface area (Å²) in [6.07, 6.45) is 9.40. The van der Waals surface area contributed by atoms with Crippen LogP contribution >= 0.6 is 0 Å². The summed E-state index contributed by atoms with van der Waals surface area (Å²) in [6.45, 7) is 1.40. The highest BCUT2D eigenvalue weighted by Gasteiger charge is 2.40. The van der Waals surface area contributed by atoms with Crippen LogP contribution in [0.15, 0.2) is 12.2 Å². The standard InChI is InChI=1S/C11H19NO/c13-7-2-1-6-12-11-8-9-4-3-5-10(9)11/h3,5,9-13H,1-2,4,6-8H2. The summed E-state index contributed by atoms with van der Waals surface area (Å²) in [4.78, 5) is 0. The van der Waals surface area contributed by atoms with Gasteiger partial charge in [-0.05, 0) is 44.1 Å². The minimum absolute atomic E-state index is 0.332. The first-order chi connectivity index (χ1) is 6.42. The molecule has 2 aliphatic rings. The zero-order valence-electron chi connectivity index (χ0n) is 8.08. The Labute approximate surface area is 80.0 Å². The number of hydrogen-bond donors (Lipinski definition) is 2. The van der Waals surface area contributed by atoms with Crippen molar-refractivity contribution in [3.8, 4) is 0 Å². The van der Waals surface area contributed by atoms with Gasteiger partial charge in [0.1, 0.15) is 0 Å². The van der Waals surface area contributed by atoms with E-state index in [9.17, 15) is 0 Å². The van der Waals surface area contributed by atoms with E-state index in [0.29, 0.717) is 6.61 Å². The van der Waals surface area contributed by atoms with Crippen LogP contribution in [0, 0.1) is 11.8 Å². The van der Waals surface area contributed by atoms with E-state index < -0.39 is 0 Å². The Hall–Kier alpha value is -0.340. The first-order valence-electron chi connectivity index (χ1n) is 5.42. The molecule has 0 aromatic carbocycles. The predicted molar refractivity (Wildman–Crippen MR) is 53.5 cm³/mol. The Bertz CT molecular complexity index is 191. The summed E-state index contributed by atoms with van der Waals surface area (Å²) in [6, 6.07) is 0.738. The van der Waals surface area contributed by atoms with Crippen molar-refractivity contribution in [2.75, 3.05) is 13.2 Å². The topological polar surface area (TPSA) is 32.3 Å². The molecule has 0 spiro atoms. The monoisotopic (exact) mass is 181 g/mol. The molecule has 1 fully saturated rings. The molecular formula is C11H19NO. The lowest BCUT2D eigenvalue weighted by atomic mass is 9.71. The van der Waals surface area contributed by atoms with Gasteiger partial charge in [-0.25, -0.2) is 0 Å². The van der Waals surface area contributed by atoms with Crippen molar-refractivity contribution in [2.45, 2.75) is 31.7 Å². The Kier molecular flexibility index (Phi) is 3.01. The second-order valence-electron chi connectivity index (χ2n) is 4.23. The fourth-order valence-electron chi connectivity index (χ4n) is 2.47. The van der Waals surface area contributed by atoms with E-state index in [1.165, 1.54) is 12.8 Å². The van der Waals surface area contributed by atoms with Crippen LogP contribution in [0.4, 0.5) is 0 Å². The zero-order chi connectivity index (χ0) is 9.10. The van der Waals surface area contributed by atoms with Crippen LogP contribution in [-0.2, 0) is 0 Å². The van der Waals surface area contributed by atoms with Crippen molar-refractivity contribution in [1.29, 1.82) is 0 Å². The smallest absolute Gasteiger partial charge is 0.0431 e. The molecule has 2 rings (SSSR count). The fourth-order valence-corrected chi connectivity index (χ4v) is 2.47. The van der Waals surface area contributed by atoms with Crippen molar-refractivity contribution < 1.29 is 5.11 Å².